The van der Waals surface area contributed by atoms with Gasteiger partial charge in [0, 0.05) is 5.03 Å². The number of rotatable bonds is 3. The maximum atomic E-state index is 5.89. The minimum absolute atomic E-state index is 0.748. The predicted molar refractivity (Wildman–Crippen MR) is 59.5 cm³/mol. The van der Waals surface area contributed by atoms with Crippen LogP contribution >= 0.6 is 11.6 Å². The Morgan fingerprint density at radius 2 is 1.83 bits per heavy atom. The maximum absolute atomic E-state index is 5.89. The van der Waals surface area contributed by atoms with E-state index in [-0.39, 0.29) is 0 Å². The zero-order valence-corrected chi connectivity index (χ0v) is 9.33. The van der Waals surface area contributed by atoms with Gasteiger partial charge in [-0.1, -0.05) is 51.6 Å². The molecule has 0 rings (SSSR count). The third-order valence-corrected chi connectivity index (χ3v) is 1.85. The lowest BCUT2D eigenvalue weighted by atomic mass is 10.1. The SMILES string of the molecule is C=C/C(CC)=C(/Cl)C(=C)C.CC. The quantitative estimate of drug-likeness (QED) is 0.562. The van der Waals surface area contributed by atoms with Crippen molar-refractivity contribution in [3.05, 3.63) is 35.4 Å². The molecule has 12 heavy (non-hydrogen) atoms. The molecule has 0 aromatic rings. The second kappa shape index (κ2) is 8.61. The van der Waals surface area contributed by atoms with Gasteiger partial charge in [-0.3, -0.25) is 0 Å². The Bertz CT molecular complexity index is 175. The van der Waals surface area contributed by atoms with E-state index in [2.05, 4.69) is 13.2 Å². The van der Waals surface area contributed by atoms with E-state index in [4.69, 9.17) is 11.6 Å². The van der Waals surface area contributed by atoms with Gasteiger partial charge in [-0.25, -0.2) is 0 Å². The Labute approximate surface area is 81.6 Å². The lowest BCUT2D eigenvalue weighted by Crippen LogP contribution is -1.81. The van der Waals surface area contributed by atoms with Crippen molar-refractivity contribution in [3.63, 3.8) is 0 Å². The number of allylic oxidation sites excluding steroid dienone is 4. The monoisotopic (exact) mass is 186 g/mol. The van der Waals surface area contributed by atoms with Crippen LogP contribution in [0.4, 0.5) is 0 Å². The smallest absolute Gasteiger partial charge is 0.0460 e. The van der Waals surface area contributed by atoms with Crippen LogP contribution in [0.15, 0.2) is 35.4 Å². The van der Waals surface area contributed by atoms with E-state index in [0.29, 0.717) is 0 Å². The van der Waals surface area contributed by atoms with E-state index in [1.54, 1.807) is 6.08 Å². The molecule has 0 aliphatic rings. The fraction of sp³-hybridized carbons (Fsp3) is 0.455. The van der Waals surface area contributed by atoms with Gasteiger partial charge in [0.2, 0.25) is 0 Å². The van der Waals surface area contributed by atoms with Gasteiger partial charge in [-0.05, 0) is 24.5 Å². The molecule has 0 aliphatic carbocycles. The van der Waals surface area contributed by atoms with Gasteiger partial charge < -0.3 is 0 Å². The van der Waals surface area contributed by atoms with Crippen molar-refractivity contribution in [1.29, 1.82) is 0 Å². The third-order valence-electron chi connectivity index (χ3n) is 1.28. The van der Waals surface area contributed by atoms with Crippen LogP contribution in [-0.2, 0) is 0 Å². The fourth-order valence-electron chi connectivity index (χ4n) is 0.663. The summed E-state index contributed by atoms with van der Waals surface area (Å²) in [5, 5.41) is 0.748. The molecule has 0 atom stereocenters. The maximum Gasteiger partial charge on any atom is 0.0460 e. The first-order chi connectivity index (χ1) is 5.63. The third kappa shape index (κ3) is 5.20. The van der Waals surface area contributed by atoms with Gasteiger partial charge in [0.05, 0.1) is 0 Å². The van der Waals surface area contributed by atoms with Gasteiger partial charge in [0.1, 0.15) is 0 Å². The van der Waals surface area contributed by atoms with Crippen LogP contribution in [-0.4, -0.2) is 0 Å². The zero-order chi connectivity index (χ0) is 10.1. The van der Waals surface area contributed by atoms with Gasteiger partial charge >= 0.3 is 0 Å². The predicted octanol–water partition coefficient (Wildman–Crippen LogP) is 4.68. The Hall–Kier alpha value is -0.490. The molecule has 0 radical (unpaired) electrons. The summed E-state index contributed by atoms with van der Waals surface area (Å²) in [6.45, 7) is 15.3. The molecule has 0 aliphatic heterocycles. The fourth-order valence-corrected chi connectivity index (χ4v) is 0.874. The molecule has 0 aromatic carbocycles. The standard InChI is InChI=1S/C9H13Cl.C2H6/c1-5-8(6-2)9(10)7(3)4;1-2/h5H,1,3,6H2,2,4H3;1-2H3/b9-8-;. The van der Waals surface area contributed by atoms with Crippen LogP contribution in [0, 0.1) is 0 Å². The average Bonchev–Trinajstić information content (AvgIpc) is 2.10. The molecular formula is C11H19Cl. The lowest BCUT2D eigenvalue weighted by molar-refractivity contribution is 1.14. The first kappa shape index (κ1) is 14.1. The molecule has 0 fully saturated rings. The molecule has 0 aromatic heterocycles. The summed E-state index contributed by atoms with van der Waals surface area (Å²) in [5.41, 5.74) is 1.97. The van der Waals surface area contributed by atoms with Crippen LogP contribution in [0.2, 0.25) is 0 Å². The largest absolute Gasteiger partial charge is 0.0987 e. The van der Waals surface area contributed by atoms with Crippen LogP contribution in [0.1, 0.15) is 34.1 Å². The van der Waals surface area contributed by atoms with Crippen molar-refractivity contribution in [2.45, 2.75) is 34.1 Å². The summed E-state index contributed by atoms with van der Waals surface area (Å²) in [6, 6.07) is 0. The highest BCUT2D eigenvalue weighted by atomic mass is 35.5. The molecule has 0 saturated carbocycles. The molecule has 1 heteroatoms. The van der Waals surface area contributed by atoms with E-state index in [0.717, 1.165) is 22.6 Å². The highest BCUT2D eigenvalue weighted by molar-refractivity contribution is 6.32. The highest BCUT2D eigenvalue weighted by Crippen LogP contribution is 2.19. The van der Waals surface area contributed by atoms with E-state index in [9.17, 15) is 0 Å². The topological polar surface area (TPSA) is 0 Å². The Kier molecular flexibility index (Phi) is 10.1. The number of hydrogen-bond acceptors (Lipinski definition) is 0. The van der Waals surface area contributed by atoms with E-state index in [1.807, 2.05) is 27.7 Å². The Balaban J connectivity index is 0. The summed E-state index contributed by atoms with van der Waals surface area (Å²) in [6.07, 6.45) is 2.69. The average molecular weight is 187 g/mol. The normalized spacial score (nSPS) is 10.8. The summed E-state index contributed by atoms with van der Waals surface area (Å²) in [4.78, 5) is 0. The first-order valence-corrected chi connectivity index (χ1v) is 4.68. The second-order valence-electron chi connectivity index (χ2n) is 2.18. The highest BCUT2D eigenvalue weighted by Gasteiger charge is 1.97. The summed E-state index contributed by atoms with van der Waals surface area (Å²) in [7, 11) is 0. The summed E-state index contributed by atoms with van der Waals surface area (Å²) in [5.74, 6) is 0. The van der Waals surface area contributed by atoms with Crippen LogP contribution < -0.4 is 0 Å². The molecule has 0 heterocycles. The molecule has 0 N–H and O–H groups in total. The van der Waals surface area contributed by atoms with Crippen molar-refractivity contribution >= 4 is 11.6 Å². The van der Waals surface area contributed by atoms with Gasteiger partial charge in [-0.15, -0.1) is 0 Å². The molecule has 0 amide bonds. The van der Waals surface area contributed by atoms with Gasteiger partial charge in [0.25, 0.3) is 0 Å². The Morgan fingerprint density at radius 3 is 1.92 bits per heavy atom. The minimum atomic E-state index is 0.748. The van der Waals surface area contributed by atoms with Crippen molar-refractivity contribution in [1.82, 2.24) is 0 Å². The summed E-state index contributed by atoms with van der Waals surface area (Å²) >= 11 is 5.89. The first-order valence-electron chi connectivity index (χ1n) is 4.30. The minimum Gasteiger partial charge on any atom is -0.0987 e. The molecule has 0 unspecified atom stereocenters. The summed E-state index contributed by atoms with van der Waals surface area (Å²) < 4.78 is 0. The second-order valence-corrected chi connectivity index (χ2v) is 2.56. The van der Waals surface area contributed by atoms with Crippen LogP contribution in [0.5, 0.6) is 0 Å². The van der Waals surface area contributed by atoms with Gasteiger partial charge in [0.15, 0.2) is 0 Å². The van der Waals surface area contributed by atoms with Crippen molar-refractivity contribution in [2.24, 2.45) is 0 Å². The van der Waals surface area contributed by atoms with Crippen LogP contribution in [0.3, 0.4) is 0 Å². The molecule has 0 bridgehead atoms. The molecule has 0 spiro atoms. The van der Waals surface area contributed by atoms with Crippen molar-refractivity contribution in [2.75, 3.05) is 0 Å². The van der Waals surface area contributed by atoms with Gasteiger partial charge in [-0.2, -0.15) is 0 Å². The Morgan fingerprint density at radius 1 is 1.42 bits per heavy atom. The van der Waals surface area contributed by atoms with Crippen molar-refractivity contribution in [3.8, 4) is 0 Å². The van der Waals surface area contributed by atoms with Crippen molar-refractivity contribution < 1.29 is 0 Å². The van der Waals surface area contributed by atoms with E-state index < -0.39 is 0 Å². The molecular weight excluding hydrogens is 168 g/mol. The van der Waals surface area contributed by atoms with E-state index in [1.165, 1.54) is 0 Å². The lowest BCUT2D eigenvalue weighted by Gasteiger charge is -2.01. The van der Waals surface area contributed by atoms with E-state index >= 15 is 0 Å². The zero-order valence-electron chi connectivity index (χ0n) is 8.58. The number of halogens is 1. The van der Waals surface area contributed by atoms with Crippen LogP contribution in [0.25, 0.3) is 0 Å². The molecule has 0 saturated heterocycles. The molecule has 0 nitrogen and oxygen atoms in total. The molecule has 70 valence electrons. The number of hydrogen-bond donors (Lipinski definition) is 0.